The van der Waals surface area contributed by atoms with Crippen LogP contribution in [0.5, 0.6) is 5.75 Å². The van der Waals surface area contributed by atoms with Gasteiger partial charge in [0, 0.05) is 6.04 Å². The van der Waals surface area contributed by atoms with E-state index in [0.717, 1.165) is 40.6 Å². The zero-order valence-electron chi connectivity index (χ0n) is 15.9. The smallest absolute Gasteiger partial charge is 0.293 e. The highest BCUT2D eigenvalue weighted by Gasteiger charge is 2.37. The summed E-state index contributed by atoms with van der Waals surface area (Å²) in [5.41, 5.74) is 3.10. The summed E-state index contributed by atoms with van der Waals surface area (Å²) in [4.78, 5) is 26.7. The van der Waals surface area contributed by atoms with Gasteiger partial charge in [0.1, 0.15) is 5.75 Å². The molecule has 0 unspecified atom stereocenters. The van der Waals surface area contributed by atoms with Crippen LogP contribution in [0.25, 0.3) is 6.08 Å². The molecule has 1 aromatic carbocycles. The van der Waals surface area contributed by atoms with Gasteiger partial charge in [-0.2, -0.15) is 0 Å². The van der Waals surface area contributed by atoms with Crippen molar-refractivity contribution in [2.75, 3.05) is 6.61 Å². The van der Waals surface area contributed by atoms with Crippen LogP contribution >= 0.6 is 11.8 Å². The fourth-order valence-electron chi connectivity index (χ4n) is 2.79. The van der Waals surface area contributed by atoms with Gasteiger partial charge in [-0.15, -0.1) is 0 Å². The zero-order chi connectivity index (χ0) is 18.7. The molecule has 1 saturated heterocycles. The van der Waals surface area contributed by atoms with Gasteiger partial charge >= 0.3 is 0 Å². The lowest BCUT2D eigenvalue weighted by Gasteiger charge is -2.19. The van der Waals surface area contributed by atoms with Crippen molar-refractivity contribution in [3.63, 3.8) is 0 Å². The number of carbonyl (C=O) groups excluding carboxylic acids is 2. The van der Waals surface area contributed by atoms with Crippen molar-refractivity contribution >= 4 is 29.0 Å². The molecule has 136 valence electrons. The fraction of sp³-hybridized carbons (Fsp3) is 0.500. The molecule has 1 fully saturated rings. The molecule has 1 aliphatic heterocycles. The second-order valence-electron chi connectivity index (χ2n) is 6.64. The number of hydrogen-bond donors (Lipinski definition) is 0. The topological polar surface area (TPSA) is 46.6 Å². The average Bonchev–Trinajstić information content (AvgIpc) is 2.83. The first-order valence-electron chi connectivity index (χ1n) is 8.84. The highest BCUT2D eigenvalue weighted by Crippen LogP contribution is 2.36. The van der Waals surface area contributed by atoms with Crippen molar-refractivity contribution < 1.29 is 14.3 Å². The second-order valence-corrected chi connectivity index (χ2v) is 7.64. The normalized spacial score (nSPS) is 17.7. The van der Waals surface area contributed by atoms with Crippen LogP contribution in [0.4, 0.5) is 4.79 Å². The fourth-order valence-corrected chi connectivity index (χ4v) is 3.71. The molecule has 0 bridgehead atoms. The first-order chi connectivity index (χ1) is 11.8. The van der Waals surface area contributed by atoms with Crippen LogP contribution in [0.15, 0.2) is 17.0 Å². The van der Waals surface area contributed by atoms with Crippen LogP contribution in [0.3, 0.4) is 0 Å². The first kappa shape index (κ1) is 19.6. The Morgan fingerprint density at radius 1 is 1.20 bits per heavy atom. The summed E-state index contributed by atoms with van der Waals surface area (Å²) >= 11 is 1.03. The van der Waals surface area contributed by atoms with Crippen LogP contribution in [-0.4, -0.2) is 28.7 Å². The lowest BCUT2D eigenvalue weighted by molar-refractivity contribution is -0.124. The Kier molecular flexibility index (Phi) is 6.33. The van der Waals surface area contributed by atoms with Gasteiger partial charge in [0.15, 0.2) is 0 Å². The van der Waals surface area contributed by atoms with Gasteiger partial charge in [-0.25, -0.2) is 0 Å². The van der Waals surface area contributed by atoms with Crippen LogP contribution in [0, 0.1) is 6.92 Å². The number of benzene rings is 1. The molecule has 0 saturated carbocycles. The minimum atomic E-state index is -0.191. The summed E-state index contributed by atoms with van der Waals surface area (Å²) in [6.45, 7) is 12.7. The Hall–Kier alpha value is -1.75. The van der Waals surface area contributed by atoms with Crippen molar-refractivity contribution in [1.29, 1.82) is 0 Å². The molecule has 0 aromatic heterocycles. The van der Waals surface area contributed by atoms with E-state index in [1.165, 1.54) is 4.90 Å². The van der Waals surface area contributed by atoms with Crippen molar-refractivity contribution in [2.24, 2.45) is 0 Å². The molecule has 0 spiro atoms. The van der Waals surface area contributed by atoms with Crippen molar-refractivity contribution in [3.05, 3.63) is 33.7 Å². The molecule has 1 aromatic rings. The molecule has 4 nitrogen and oxygen atoms in total. The first-order valence-corrected chi connectivity index (χ1v) is 9.66. The number of hydrogen-bond acceptors (Lipinski definition) is 4. The van der Waals surface area contributed by atoms with Crippen LogP contribution in [0.1, 0.15) is 63.6 Å². The third kappa shape index (κ3) is 4.09. The summed E-state index contributed by atoms with van der Waals surface area (Å²) in [5, 5.41) is -0.182. The van der Waals surface area contributed by atoms with E-state index in [-0.39, 0.29) is 17.2 Å². The van der Waals surface area contributed by atoms with Crippen LogP contribution in [0.2, 0.25) is 0 Å². The summed E-state index contributed by atoms with van der Waals surface area (Å²) in [6.07, 6.45) is 2.59. The molecule has 1 heterocycles. The van der Waals surface area contributed by atoms with E-state index in [2.05, 4.69) is 19.9 Å². The van der Waals surface area contributed by atoms with E-state index >= 15 is 0 Å². The van der Waals surface area contributed by atoms with Gasteiger partial charge in [0.2, 0.25) is 0 Å². The number of thioether (sulfide) groups is 1. The molecule has 1 aliphatic rings. The summed E-state index contributed by atoms with van der Waals surface area (Å²) in [5.74, 6) is 1.01. The number of imide groups is 1. The molecule has 2 rings (SSSR count). The lowest BCUT2D eigenvalue weighted by atomic mass is 9.96. The minimum absolute atomic E-state index is 0.0777. The highest BCUT2D eigenvalue weighted by atomic mass is 32.2. The van der Waals surface area contributed by atoms with E-state index in [0.29, 0.717) is 17.4 Å². The number of rotatable bonds is 6. The van der Waals surface area contributed by atoms with Gasteiger partial charge < -0.3 is 4.74 Å². The Bertz CT molecular complexity index is 709. The quantitative estimate of drug-likeness (QED) is 0.641. The summed E-state index contributed by atoms with van der Waals surface area (Å²) < 4.78 is 5.75. The van der Waals surface area contributed by atoms with Gasteiger partial charge in [-0.1, -0.05) is 20.8 Å². The Morgan fingerprint density at radius 3 is 2.44 bits per heavy atom. The van der Waals surface area contributed by atoms with Crippen LogP contribution in [-0.2, 0) is 4.79 Å². The molecule has 0 N–H and O–H groups in total. The van der Waals surface area contributed by atoms with Gasteiger partial charge in [-0.3, -0.25) is 14.5 Å². The molecule has 0 aliphatic carbocycles. The summed E-state index contributed by atoms with van der Waals surface area (Å²) in [6, 6.07) is 4.01. The van der Waals surface area contributed by atoms with E-state index in [4.69, 9.17) is 4.74 Å². The summed E-state index contributed by atoms with van der Waals surface area (Å²) in [7, 11) is 0. The monoisotopic (exact) mass is 361 g/mol. The third-order valence-electron chi connectivity index (χ3n) is 4.46. The number of carbonyl (C=O) groups is 2. The number of aryl methyl sites for hydroxylation is 1. The van der Waals surface area contributed by atoms with E-state index in [9.17, 15) is 9.59 Å². The number of amides is 2. The molecule has 25 heavy (non-hydrogen) atoms. The Morgan fingerprint density at radius 2 is 1.88 bits per heavy atom. The van der Waals surface area contributed by atoms with Crippen LogP contribution < -0.4 is 4.74 Å². The van der Waals surface area contributed by atoms with Crippen molar-refractivity contribution in [2.45, 2.75) is 59.9 Å². The third-order valence-corrected chi connectivity index (χ3v) is 5.35. The minimum Gasteiger partial charge on any atom is -0.494 e. The maximum atomic E-state index is 12.6. The predicted molar refractivity (Wildman–Crippen MR) is 104 cm³/mol. The molecule has 5 heteroatoms. The maximum Gasteiger partial charge on any atom is 0.293 e. The lowest BCUT2D eigenvalue weighted by Crippen LogP contribution is -2.36. The van der Waals surface area contributed by atoms with E-state index in [1.807, 2.05) is 39.8 Å². The van der Waals surface area contributed by atoms with Crippen molar-refractivity contribution in [1.82, 2.24) is 4.90 Å². The number of nitrogens with zero attached hydrogens (tertiary/aromatic N) is 1. The second kappa shape index (κ2) is 8.09. The molecule has 0 radical (unpaired) electrons. The average molecular weight is 362 g/mol. The SMILES string of the molecule is CCOc1cc(C)c(/C=C2/SC(=O)N([C@@H](C)CC)C2=O)cc1C(C)C. The largest absolute Gasteiger partial charge is 0.494 e. The Labute approximate surface area is 154 Å². The molecule has 1 atom stereocenters. The number of ether oxygens (including phenoxy) is 1. The Balaban J connectivity index is 2.42. The molecule has 2 amide bonds. The van der Waals surface area contributed by atoms with E-state index < -0.39 is 0 Å². The van der Waals surface area contributed by atoms with Gasteiger partial charge in [-0.05, 0) is 79.8 Å². The molecular weight excluding hydrogens is 334 g/mol. The highest BCUT2D eigenvalue weighted by molar-refractivity contribution is 8.18. The van der Waals surface area contributed by atoms with Gasteiger partial charge in [0.05, 0.1) is 11.5 Å². The van der Waals surface area contributed by atoms with Gasteiger partial charge in [0.25, 0.3) is 11.1 Å². The van der Waals surface area contributed by atoms with Crippen molar-refractivity contribution in [3.8, 4) is 5.75 Å². The standard InChI is InChI=1S/C20H27NO3S/c1-7-14(6)21-19(22)18(25-20(21)23)11-15-10-16(12(3)4)17(24-8-2)9-13(15)5/h9-12,14H,7-8H2,1-6H3/b18-11+/t14-/m0/s1. The zero-order valence-corrected chi connectivity index (χ0v) is 16.7. The maximum absolute atomic E-state index is 12.6. The predicted octanol–water partition coefficient (Wildman–Crippen LogP) is 5.35. The van der Waals surface area contributed by atoms with E-state index in [1.54, 1.807) is 0 Å². The molecular formula is C20H27NO3S.